The predicted molar refractivity (Wildman–Crippen MR) is 44.9 cm³/mol. The van der Waals surface area contributed by atoms with Crippen LogP contribution < -0.4 is 5.32 Å². The second kappa shape index (κ2) is 2.74. The van der Waals surface area contributed by atoms with Crippen LogP contribution in [0.1, 0.15) is 6.92 Å². The van der Waals surface area contributed by atoms with E-state index in [0.717, 1.165) is 6.54 Å². The summed E-state index contributed by atoms with van der Waals surface area (Å²) in [5.41, 5.74) is 0. The maximum atomic E-state index is 3.33. The molecular formula is C8H15N3. The summed E-state index contributed by atoms with van der Waals surface area (Å²) in [7, 11) is 0. The van der Waals surface area contributed by atoms with Crippen LogP contribution in [-0.4, -0.2) is 42.1 Å². The van der Waals surface area contributed by atoms with E-state index in [1.54, 1.807) is 0 Å². The Hall–Kier alpha value is -0.700. The lowest BCUT2D eigenvalue weighted by molar-refractivity contribution is 0.117. The van der Waals surface area contributed by atoms with Crippen LogP contribution in [0.2, 0.25) is 0 Å². The van der Waals surface area contributed by atoms with Crippen molar-refractivity contribution < 1.29 is 0 Å². The Balaban J connectivity index is 1.94. The van der Waals surface area contributed by atoms with Crippen molar-refractivity contribution in [3.63, 3.8) is 0 Å². The van der Waals surface area contributed by atoms with E-state index in [9.17, 15) is 0 Å². The summed E-state index contributed by atoms with van der Waals surface area (Å²) in [6.07, 6.45) is 4.74. The first-order chi connectivity index (χ1) is 5.40. The Kier molecular flexibility index (Phi) is 1.74. The fourth-order valence-electron chi connectivity index (χ4n) is 1.72. The summed E-state index contributed by atoms with van der Waals surface area (Å²) in [5, 5.41) is 3.33. The maximum Gasteiger partial charge on any atom is 0.111 e. The highest BCUT2D eigenvalue weighted by Crippen LogP contribution is 2.11. The number of nitrogens with one attached hydrogen (secondary N) is 1. The van der Waals surface area contributed by atoms with E-state index in [-0.39, 0.29) is 0 Å². The number of fused-ring (bicyclic) bond motifs is 1. The third kappa shape index (κ3) is 1.20. The Morgan fingerprint density at radius 2 is 2.45 bits per heavy atom. The van der Waals surface area contributed by atoms with Crippen LogP contribution in [0.15, 0.2) is 12.4 Å². The van der Waals surface area contributed by atoms with Gasteiger partial charge in [0.1, 0.15) is 6.17 Å². The molecule has 1 N–H and O–H groups in total. The Bertz CT molecular complexity index is 167. The minimum absolute atomic E-state index is 0.545. The minimum atomic E-state index is 0.545. The first-order valence-corrected chi connectivity index (χ1v) is 4.31. The van der Waals surface area contributed by atoms with Gasteiger partial charge in [-0.25, -0.2) is 0 Å². The van der Waals surface area contributed by atoms with Gasteiger partial charge in [0, 0.05) is 32.0 Å². The predicted octanol–water partition coefficient (Wildman–Crippen LogP) is 0.0244. The highest BCUT2D eigenvalue weighted by atomic mass is 15.4. The quantitative estimate of drug-likeness (QED) is 0.573. The average Bonchev–Trinajstić information content (AvgIpc) is 2.50. The van der Waals surface area contributed by atoms with Crippen molar-refractivity contribution in [1.29, 1.82) is 0 Å². The molecule has 3 nitrogen and oxygen atoms in total. The van der Waals surface area contributed by atoms with Crippen molar-refractivity contribution in [3.8, 4) is 0 Å². The van der Waals surface area contributed by atoms with Crippen molar-refractivity contribution >= 4 is 0 Å². The van der Waals surface area contributed by atoms with E-state index in [2.05, 4.69) is 28.2 Å². The van der Waals surface area contributed by atoms with Gasteiger partial charge in [-0.15, -0.1) is 0 Å². The average molecular weight is 153 g/mol. The van der Waals surface area contributed by atoms with Gasteiger partial charge in [-0.05, 0) is 6.54 Å². The van der Waals surface area contributed by atoms with Crippen molar-refractivity contribution in [2.45, 2.75) is 13.1 Å². The summed E-state index contributed by atoms with van der Waals surface area (Å²) in [4.78, 5) is 4.84. The molecule has 0 aromatic carbocycles. The second-order valence-electron chi connectivity index (χ2n) is 3.13. The maximum absolute atomic E-state index is 3.33. The molecule has 1 unspecified atom stereocenters. The summed E-state index contributed by atoms with van der Waals surface area (Å²) in [5.74, 6) is 0. The molecule has 0 radical (unpaired) electrons. The molecule has 2 rings (SSSR count). The number of rotatable bonds is 1. The molecule has 0 aliphatic carbocycles. The van der Waals surface area contributed by atoms with E-state index in [4.69, 9.17) is 0 Å². The zero-order valence-corrected chi connectivity index (χ0v) is 6.95. The van der Waals surface area contributed by atoms with Crippen LogP contribution in [0.5, 0.6) is 0 Å². The zero-order chi connectivity index (χ0) is 7.68. The number of hydrogen-bond acceptors (Lipinski definition) is 3. The van der Waals surface area contributed by atoms with Gasteiger partial charge in [0.2, 0.25) is 0 Å². The summed E-state index contributed by atoms with van der Waals surface area (Å²) >= 11 is 0. The number of nitrogens with zero attached hydrogens (tertiary/aromatic N) is 2. The minimum Gasteiger partial charge on any atom is -0.369 e. The highest BCUT2D eigenvalue weighted by molar-refractivity contribution is 4.97. The monoisotopic (exact) mass is 153 g/mol. The summed E-state index contributed by atoms with van der Waals surface area (Å²) in [6.45, 7) is 6.93. The van der Waals surface area contributed by atoms with Gasteiger partial charge in [0.05, 0.1) is 0 Å². The molecule has 2 heterocycles. The Labute approximate surface area is 67.7 Å². The van der Waals surface area contributed by atoms with Crippen LogP contribution >= 0.6 is 0 Å². The zero-order valence-electron chi connectivity index (χ0n) is 6.95. The molecule has 2 aliphatic rings. The molecule has 0 aromatic heterocycles. The van der Waals surface area contributed by atoms with Crippen LogP contribution in [0.4, 0.5) is 0 Å². The van der Waals surface area contributed by atoms with Gasteiger partial charge in [0.15, 0.2) is 0 Å². The van der Waals surface area contributed by atoms with Crippen LogP contribution in [-0.2, 0) is 0 Å². The lowest BCUT2D eigenvalue weighted by Gasteiger charge is -2.37. The van der Waals surface area contributed by atoms with E-state index < -0.39 is 0 Å². The fourth-order valence-corrected chi connectivity index (χ4v) is 1.72. The first kappa shape index (κ1) is 6.98. The molecule has 2 aliphatic heterocycles. The molecule has 11 heavy (non-hydrogen) atoms. The number of hydrogen-bond donors (Lipinski definition) is 1. The molecular weight excluding hydrogens is 138 g/mol. The molecule has 0 spiro atoms. The fraction of sp³-hybridized carbons (Fsp3) is 0.750. The highest BCUT2D eigenvalue weighted by Gasteiger charge is 2.25. The topological polar surface area (TPSA) is 18.5 Å². The Morgan fingerprint density at radius 1 is 1.55 bits per heavy atom. The van der Waals surface area contributed by atoms with Gasteiger partial charge in [0.25, 0.3) is 0 Å². The molecule has 0 amide bonds. The van der Waals surface area contributed by atoms with Crippen molar-refractivity contribution in [1.82, 2.24) is 15.1 Å². The third-order valence-corrected chi connectivity index (χ3v) is 2.51. The van der Waals surface area contributed by atoms with Gasteiger partial charge < -0.3 is 10.2 Å². The van der Waals surface area contributed by atoms with Crippen molar-refractivity contribution in [2.75, 3.05) is 26.2 Å². The van der Waals surface area contributed by atoms with E-state index in [1.165, 1.54) is 19.6 Å². The molecule has 3 heteroatoms. The van der Waals surface area contributed by atoms with Crippen LogP contribution in [0.3, 0.4) is 0 Å². The molecule has 1 saturated heterocycles. The molecule has 1 fully saturated rings. The molecule has 62 valence electrons. The summed E-state index contributed by atoms with van der Waals surface area (Å²) < 4.78 is 0. The SMILES string of the molecule is CCN1CCN2C=CNC2C1. The normalized spacial score (nSPS) is 30.3. The van der Waals surface area contributed by atoms with Gasteiger partial charge in [-0.2, -0.15) is 0 Å². The molecule has 1 atom stereocenters. The lowest BCUT2D eigenvalue weighted by atomic mass is 10.3. The van der Waals surface area contributed by atoms with Gasteiger partial charge in [-0.1, -0.05) is 6.92 Å². The standard InChI is InChI=1S/C8H15N3/c1-2-10-5-6-11-4-3-9-8(11)7-10/h3-4,8-9H,2,5-7H2,1H3. The van der Waals surface area contributed by atoms with Crippen LogP contribution in [0, 0.1) is 0 Å². The van der Waals surface area contributed by atoms with E-state index >= 15 is 0 Å². The van der Waals surface area contributed by atoms with Gasteiger partial charge in [-0.3, -0.25) is 4.90 Å². The van der Waals surface area contributed by atoms with Crippen molar-refractivity contribution in [2.24, 2.45) is 0 Å². The first-order valence-electron chi connectivity index (χ1n) is 4.31. The number of likely N-dealkylation sites (N-methyl/N-ethyl adjacent to an activating group) is 1. The van der Waals surface area contributed by atoms with Crippen molar-refractivity contribution in [3.05, 3.63) is 12.4 Å². The Morgan fingerprint density at radius 3 is 3.27 bits per heavy atom. The van der Waals surface area contributed by atoms with Crippen LogP contribution in [0.25, 0.3) is 0 Å². The third-order valence-electron chi connectivity index (χ3n) is 2.51. The van der Waals surface area contributed by atoms with E-state index in [0.29, 0.717) is 6.17 Å². The van der Waals surface area contributed by atoms with Gasteiger partial charge >= 0.3 is 0 Å². The largest absolute Gasteiger partial charge is 0.369 e. The molecule has 0 saturated carbocycles. The van der Waals surface area contributed by atoms with E-state index in [1.807, 2.05) is 6.20 Å². The number of piperazine rings is 1. The second-order valence-corrected chi connectivity index (χ2v) is 3.13. The lowest BCUT2D eigenvalue weighted by Crippen LogP contribution is -2.53. The molecule has 0 aromatic rings. The molecule has 0 bridgehead atoms. The smallest absolute Gasteiger partial charge is 0.111 e. The summed E-state index contributed by atoms with van der Waals surface area (Å²) in [6, 6.07) is 0.